The summed E-state index contributed by atoms with van der Waals surface area (Å²) in [5.74, 6) is 3.41. The Kier molecular flexibility index (Phi) is 21.0. The number of methoxy groups -OCH3 is 4. The molecule has 0 aliphatic carbocycles. The summed E-state index contributed by atoms with van der Waals surface area (Å²) in [4.78, 5) is 32.7. The van der Waals surface area contributed by atoms with Crippen LogP contribution in [0.4, 0.5) is 38.0 Å². The third kappa shape index (κ3) is 16.5. The Morgan fingerprint density at radius 1 is 0.524 bits per heavy atom. The van der Waals surface area contributed by atoms with Crippen molar-refractivity contribution < 1.29 is 28.5 Å². The van der Waals surface area contributed by atoms with Gasteiger partial charge in [0.15, 0.2) is 17.5 Å². The van der Waals surface area contributed by atoms with E-state index < -0.39 is 0 Å². The second-order valence-corrected chi connectivity index (χ2v) is 22.4. The molecule has 0 amide bonds. The Morgan fingerprint density at radius 3 is 1.26 bits per heavy atom. The highest BCUT2D eigenvalue weighted by atomic mass is 32.1. The molecule has 8 aromatic rings. The molecule has 9 heterocycles. The van der Waals surface area contributed by atoms with Crippen LogP contribution in [-0.4, -0.2) is 172 Å². The normalized spacial score (nSPS) is 17.2. The Bertz CT molecular complexity index is 3070. The zero-order valence-electron chi connectivity index (χ0n) is 45.9. The number of aromatic nitrogens is 12. The number of nitrogens with one attached hydrogen (secondary N) is 3. The van der Waals surface area contributed by atoms with Gasteiger partial charge in [-0.1, -0.05) is 58.3 Å². The lowest BCUT2D eigenvalue weighted by Gasteiger charge is -2.16. The van der Waals surface area contributed by atoms with Crippen LogP contribution in [0.2, 0.25) is 0 Å². The lowest BCUT2D eigenvalue weighted by molar-refractivity contribution is -0.121. The summed E-state index contributed by atoms with van der Waals surface area (Å²) < 4.78 is 21.2. The molecule has 5 N–H and O–H groups in total. The first kappa shape index (κ1) is 58.5. The van der Waals surface area contributed by atoms with E-state index in [0.29, 0.717) is 45.9 Å². The molecule has 6 aromatic heterocycles. The van der Waals surface area contributed by atoms with Crippen LogP contribution >= 0.6 is 34.0 Å². The molecule has 0 spiro atoms. The zero-order chi connectivity index (χ0) is 57.0. The average molecular weight is 1170 g/mol. The van der Waals surface area contributed by atoms with E-state index in [-0.39, 0.29) is 48.3 Å². The summed E-state index contributed by atoms with van der Waals surface area (Å²) in [6, 6.07) is 27.4. The van der Waals surface area contributed by atoms with Gasteiger partial charge in [-0.25, -0.2) is 0 Å². The molecule has 25 nitrogen and oxygen atoms in total. The van der Waals surface area contributed by atoms with Crippen molar-refractivity contribution in [2.75, 3.05) is 117 Å². The van der Waals surface area contributed by atoms with E-state index in [1.807, 2.05) is 84.9 Å². The first-order valence-electron chi connectivity index (χ1n) is 26.6. The summed E-state index contributed by atoms with van der Waals surface area (Å²) in [6.45, 7) is 5.89. The van der Waals surface area contributed by atoms with Crippen molar-refractivity contribution in [3.63, 3.8) is 0 Å². The molecule has 3 aliphatic heterocycles. The van der Waals surface area contributed by atoms with Gasteiger partial charge in [0.2, 0.25) is 20.5 Å². The first-order chi connectivity index (χ1) is 40.1. The number of carbonyl (C=O) groups excluding carboxylic acids is 2. The van der Waals surface area contributed by atoms with Gasteiger partial charge in [0.05, 0.1) is 52.1 Å². The number of hydrogen-bond donors (Lipinski definition) is 4. The number of carbonyl (C=O) groups is 2. The number of rotatable bonds is 23. The molecular formula is C54H65N19O6S3. The van der Waals surface area contributed by atoms with Gasteiger partial charge in [0.1, 0.15) is 33.1 Å². The van der Waals surface area contributed by atoms with Crippen molar-refractivity contribution in [2.24, 2.45) is 0 Å². The summed E-state index contributed by atoms with van der Waals surface area (Å²) in [5.41, 5.74) is 7.29. The van der Waals surface area contributed by atoms with E-state index in [1.165, 1.54) is 34.0 Å². The van der Waals surface area contributed by atoms with E-state index in [1.54, 1.807) is 47.0 Å². The number of nitrogens with two attached hydrogens (primary N) is 1. The summed E-state index contributed by atoms with van der Waals surface area (Å²) in [7, 11) is 6.41. The number of ketones is 2. The van der Waals surface area contributed by atoms with E-state index in [9.17, 15) is 9.59 Å². The van der Waals surface area contributed by atoms with Crippen LogP contribution in [0.15, 0.2) is 104 Å². The molecule has 82 heavy (non-hydrogen) atoms. The lowest BCUT2D eigenvalue weighted by atomic mass is 9.93. The van der Waals surface area contributed by atoms with Crippen LogP contribution in [0.5, 0.6) is 11.5 Å². The predicted molar refractivity (Wildman–Crippen MR) is 316 cm³/mol. The number of ether oxygens (including phenoxy) is 4. The van der Waals surface area contributed by atoms with Crippen LogP contribution in [-0.2, 0) is 31.9 Å². The maximum absolute atomic E-state index is 13.0. The van der Waals surface area contributed by atoms with Crippen molar-refractivity contribution in [2.45, 2.75) is 62.1 Å². The smallest absolute Gasteiger partial charge is 0.207 e. The molecule has 3 aliphatic rings. The largest absolute Gasteiger partial charge is 0.497 e. The molecule has 11 rings (SSSR count). The minimum Gasteiger partial charge on any atom is -0.497 e. The van der Waals surface area contributed by atoms with Crippen molar-refractivity contribution in [1.29, 1.82) is 0 Å². The third-order valence-corrected chi connectivity index (χ3v) is 16.0. The highest BCUT2D eigenvalue weighted by Gasteiger charge is 2.29. The average Bonchev–Trinajstić information content (AvgIpc) is 4.45. The van der Waals surface area contributed by atoms with Gasteiger partial charge in [-0.15, -0.1) is 45.9 Å². The molecule has 0 saturated carbocycles. The van der Waals surface area contributed by atoms with Crippen molar-refractivity contribution >= 4 is 83.6 Å². The van der Waals surface area contributed by atoms with E-state index in [2.05, 4.69) is 91.8 Å². The Hall–Kier alpha value is -8.18. The number of hydrogen-bond acceptors (Lipinski definition) is 28. The fourth-order valence-corrected chi connectivity index (χ4v) is 11.8. The van der Waals surface area contributed by atoms with Crippen molar-refractivity contribution in [3.8, 4) is 11.5 Å². The molecule has 0 unspecified atom stereocenters. The first-order valence-corrected chi connectivity index (χ1v) is 29.0. The number of anilines is 7. The van der Waals surface area contributed by atoms with Crippen LogP contribution < -0.4 is 45.9 Å². The quantitative estimate of drug-likeness (QED) is 0.0593. The van der Waals surface area contributed by atoms with Crippen molar-refractivity contribution in [1.82, 2.24) is 61.2 Å². The molecule has 5 atom stereocenters. The molecule has 3 fully saturated rings. The molecule has 3 saturated heterocycles. The second-order valence-electron chi connectivity index (χ2n) is 19.3. The highest BCUT2D eigenvalue weighted by molar-refractivity contribution is 7.18. The SMILES string of the molecule is COC[C@@H](C(=O)Cc1nnc(N[C@@H]2CCN(c3cccnn3)C2)s1)c1cccc(OC)c1.COC[C@H](C(=O)Cc1nnc(N[C@@H]2CCN(c3cccnn3)C2)s1)c1cccc(OC)c1.Nc1nnc(N[C@@H]2CCN(c3cccnn3)C2)s1. The van der Waals surface area contributed by atoms with E-state index in [0.717, 1.165) is 103 Å². The topological polar surface area (TPSA) is 298 Å². The number of nitrogens with zero attached hydrogens (tertiary/aromatic N) is 15. The standard InChI is InChI=1S/2C22H26N6O3S.C10H13N7S/c2*1-30-14-18(15-5-3-6-17(11-15)31-2)19(29)12-21-26-27-22(32-21)24-16-8-10-28(13-16)20-7-4-9-23-25-20;11-9-15-16-10(18-9)13-7-3-5-17(6-7)8-2-1-4-12-14-8/h2*3-7,9,11,16,18H,8,10,12-14H2,1-2H3,(H,24,27);1-2,4,7H,3,5-6H2,(H2,11,15)(H,13,16)/t16-,18+;16-,18-;7-/m111/s1. The van der Waals surface area contributed by atoms with Crippen LogP contribution in [0.25, 0.3) is 0 Å². The Labute approximate surface area is 486 Å². The molecule has 0 bridgehead atoms. The van der Waals surface area contributed by atoms with E-state index in [4.69, 9.17) is 24.7 Å². The van der Waals surface area contributed by atoms with Gasteiger partial charge in [0.25, 0.3) is 0 Å². The molecule has 430 valence electrons. The van der Waals surface area contributed by atoms with Gasteiger partial charge in [-0.3, -0.25) is 9.59 Å². The van der Waals surface area contributed by atoms with Crippen molar-refractivity contribution in [3.05, 3.63) is 125 Å². The van der Waals surface area contributed by atoms with Gasteiger partial charge in [0, 0.05) is 90.2 Å². The van der Waals surface area contributed by atoms with Crippen LogP contribution in [0.3, 0.4) is 0 Å². The summed E-state index contributed by atoms with van der Waals surface area (Å²) >= 11 is 4.20. The maximum atomic E-state index is 13.0. The lowest BCUT2D eigenvalue weighted by Crippen LogP contribution is -2.26. The summed E-state index contributed by atoms with van der Waals surface area (Å²) in [6.07, 6.45) is 8.42. The predicted octanol–water partition coefficient (Wildman–Crippen LogP) is 5.74. The Morgan fingerprint density at radius 2 is 0.915 bits per heavy atom. The highest BCUT2D eigenvalue weighted by Crippen LogP contribution is 2.30. The fraction of sp³-hybridized carbons (Fsp3) is 0.407. The van der Waals surface area contributed by atoms with Gasteiger partial charge >= 0.3 is 0 Å². The van der Waals surface area contributed by atoms with E-state index >= 15 is 0 Å². The number of nitrogen functional groups attached to an aromatic ring is 1. The van der Waals surface area contributed by atoms with Gasteiger partial charge < -0.3 is 55.3 Å². The monoisotopic (exact) mass is 1170 g/mol. The van der Waals surface area contributed by atoms with Gasteiger partial charge in [-0.05, 0) is 91.1 Å². The van der Waals surface area contributed by atoms with Gasteiger partial charge in [-0.2, -0.15) is 15.3 Å². The minimum absolute atomic E-state index is 0.0393. The minimum atomic E-state index is -0.384. The zero-order valence-corrected chi connectivity index (χ0v) is 48.3. The second kappa shape index (κ2) is 29.5. The molecular weight excluding hydrogens is 1110 g/mol. The Balaban J connectivity index is 0.000000154. The number of benzene rings is 2. The maximum Gasteiger partial charge on any atom is 0.207 e. The third-order valence-electron chi connectivity index (χ3n) is 13.7. The number of Topliss-reactive ketones (excluding diaryl/α,β-unsaturated/α-hetero) is 2. The molecule has 28 heteroatoms. The molecule has 0 radical (unpaired) electrons. The van der Waals surface area contributed by atoms with Crippen LogP contribution in [0.1, 0.15) is 52.2 Å². The summed E-state index contributed by atoms with van der Waals surface area (Å²) in [5, 5.41) is 63.2. The fourth-order valence-electron chi connectivity index (χ4n) is 9.57. The molecule has 2 aromatic carbocycles. The van der Waals surface area contributed by atoms with Crippen LogP contribution in [0, 0.1) is 0 Å².